The first-order chi connectivity index (χ1) is 10.1. The van der Waals surface area contributed by atoms with Crippen molar-refractivity contribution in [3.8, 4) is 5.75 Å². The van der Waals surface area contributed by atoms with Gasteiger partial charge in [-0.25, -0.2) is 0 Å². The van der Waals surface area contributed by atoms with E-state index in [0.717, 1.165) is 29.7 Å². The molecule has 0 aromatic heterocycles. The number of hydrogen-bond acceptors (Lipinski definition) is 3. The van der Waals surface area contributed by atoms with Gasteiger partial charge in [0.05, 0.1) is 17.2 Å². The molecule has 0 aliphatic rings. The van der Waals surface area contributed by atoms with Crippen molar-refractivity contribution in [3.05, 3.63) is 63.6 Å². The summed E-state index contributed by atoms with van der Waals surface area (Å²) >= 11 is 12.0. The van der Waals surface area contributed by atoms with Crippen LogP contribution in [0.25, 0.3) is 0 Å². The normalized spacial score (nSPS) is 12.2. The van der Waals surface area contributed by atoms with Gasteiger partial charge < -0.3 is 4.74 Å². The lowest BCUT2D eigenvalue weighted by atomic mass is 9.99. The van der Waals surface area contributed by atoms with Crippen LogP contribution in [0.1, 0.15) is 11.1 Å². The van der Waals surface area contributed by atoms with Crippen LogP contribution in [0.5, 0.6) is 5.75 Å². The highest BCUT2D eigenvalue weighted by Crippen LogP contribution is 2.24. The second kappa shape index (κ2) is 7.66. The minimum absolute atomic E-state index is 0.0820. The fourth-order valence-corrected chi connectivity index (χ4v) is 2.60. The maximum Gasteiger partial charge on any atom is 0.122 e. The lowest BCUT2D eigenvalue weighted by Gasteiger charge is -2.18. The zero-order chi connectivity index (χ0) is 15.2. The Kier molecular flexibility index (Phi) is 5.88. The van der Waals surface area contributed by atoms with Crippen LogP contribution < -0.4 is 16.0 Å². The molecule has 0 bridgehead atoms. The molecule has 2 rings (SSSR count). The fourth-order valence-electron chi connectivity index (χ4n) is 2.28. The molecule has 0 aliphatic heterocycles. The Morgan fingerprint density at radius 3 is 2.52 bits per heavy atom. The van der Waals surface area contributed by atoms with Crippen LogP contribution in [-0.2, 0) is 12.8 Å². The number of nitrogens with two attached hydrogens (primary N) is 1. The fraction of sp³-hybridized carbons (Fsp3) is 0.250. The Morgan fingerprint density at radius 2 is 1.86 bits per heavy atom. The largest absolute Gasteiger partial charge is 0.496 e. The smallest absolute Gasteiger partial charge is 0.122 e. The number of hydrogen-bond donors (Lipinski definition) is 2. The molecule has 0 fully saturated rings. The van der Waals surface area contributed by atoms with Gasteiger partial charge in [0.1, 0.15) is 5.75 Å². The van der Waals surface area contributed by atoms with Gasteiger partial charge in [-0.2, -0.15) is 0 Å². The van der Waals surface area contributed by atoms with E-state index in [1.54, 1.807) is 13.2 Å². The number of benzene rings is 2. The summed E-state index contributed by atoms with van der Waals surface area (Å²) in [5.74, 6) is 6.55. The molecule has 21 heavy (non-hydrogen) atoms. The molecule has 0 saturated carbocycles. The monoisotopic (exact) mass is 324 g/mol. The van der Waals surface area contributed by atoms with E-state index in [2.05, 4.69) is 5.43 Å². The summed E-state index contributed by atoms with van der Waals surface area (Å²) in [4.78, 5) is 0. The van der Waals surface area contributed by atoms with Crippen molar-refractivity contribution < 1.29 is 4.74 Å². The maximum atomic E-state index is 6.04. The predicted octanol–water partition coefficient (Wildman–Crippen LogP) is 3.62. The second-order valence-corrected chi connectivity index (χ2v) is 5.65. The molecule has 0 saturated heterocycles. The Bertz CT molecular complexity index is 605. The van der Waals surface area contributed by atoms with E-state index in [1.165, 1.54) is 0 Å². The van der Waals surface area contributed by atoms with Gasteiger partial charge in [0, 0.05) is 6.04 Å². The highest BCUT2D eigenvalue weighted by molar-refractivity contribution is 6.42. The SMILES string of the molecule is COc1ccccc1CC(Cc1ccc(Cl)c(Cl)c1)NN. The first-order valence-corrected chi connectivity index (χ1v) is 7.41. The zero-order valence-corrected chi connectivity index (χ0v) is 13.3. The van der Waals surface area contributed by atoms with E-state index in [9.17, 15) is 0 Å². The molecule has 5 heteroatoms. The summed E-state index contributed by atoms with van der Waals surface area (Å²) in [5, 5.41) is 1.12. The van der Waals surface area contributed by atoms with Gasteiger partial charge in [-0.05, 0) is 42.2 Å². The molecule has 3 nitrogen and oxygen atoms in total. The van der Waals surface area contributed by atoms with Gasteiger partial charge >= 0.3 is 0 Å². The molecule has 0 heterocycles. The number of methoxy groups -OCH3 is 1. The van der Waals surface area contributed by atoms with Gasteiger partial charge in [0.2, 0.25) is 0 Å². The van der Waals surface area contributed by atoms with Crippen LogP contribution in [0.3, 0.4) is 0 Å². The topological polar surface area (TPSA) is 47.3 Å². The summed E-state index contributed by atoms with van der Waals surface area (Å²) in [6.07, 6.45) is 1.52. The number of ether oxygens (including phenoxy) is 1. The number of para-hydroxylation sites is 1. The van der Waals surface area contributed by atoms with Crippen molar-refractivity contribution in [2.75, 3.05) is 7.11 Å². The van der Waals surface area contributed by atoms with E-state index in [1.807, 2.05) is 36.4 Å². The van der Waals surface area contributed by atoms with Crippen molar-refractivity contribution in [1.29, 1.82) is 0 Å². The molecule has 0 spiro atoms. The van der Waals surface area contributed by atoms with Crippen LogP contribution in [0.4, 0.5) is 0 Å². The predicted molar refractivity (Wildman–Crippen MR) is 88.0 cm³/mol. The Hall–Kier alpha value is -1.26. The van der Waals surface area contributed by atoms with Crippen molar-refractivity contribution in [2.45, 2.75) is 18.9 Å². The average molecular weight is 325 g/mol. The summed E-state index contributed by atoms with van der Waals surface area (Å²) in [6.45, 7) is 0. The first kappa shape index (κ1) is 16.1. The van der Waals surface area contributed by atoms with E-state index < -0.39 is 0 Å². The highest BCUT2D eigenvalue weighted by atomic mass is 35.5. The van der Waals surface area contributed by atoms with Gasteiger partial charge in [-0.3, -0.25) is 11.3 Å². The number of rotatable bonds is 6. The van der Waals surface area contributed by atoms with Crippen LogP contribution in [0.15, 0.2) is 42.5 Å². The lowest BCUT2D eigenvalue weighted by Crippen LogP contribution is -2.38. The third-order valence-electron chi connectivity index (χ3n) is 3.36. The van der Waals surface area contributed by atoms with Gasteiger partial charge in [0.15, 0.2) is 0 Å². The zero-order valence-electron chi connectivity index (χ0n) is 11.8. The highest BCUT2D eigenvalue weighted by Gasteiger charge is 2.12. The van der Waals surface area contributed by atoms with E-state index >= 15 is 0 Å². The van der Waals surface area contributed by atoms with Crippen molar-refractivity contribution >= 4 is 23.2 Å². The quantitative estimate of drug-likeness (QED) is 0.630. The standard InChI is InChI=1S/C16H18Cl2N2O/c1-21-16-5-3-2-4-12(16)10-13(20-19)8-11-6-7-14(17)15(18)9-11/h2-7,9,13,20H,8,10,19H2,1H3. The Morgan fingerprint density at radius 1 is 1.10 bits per heavy atom. The number of halogens is 2. The molecule has 0 radical (unpaired) electrons. The molecule has 0 aliphatic carbocycles. The minimum atomic E-state index is 0.0820. The van der Waals surface area contributed by atoms with E-state index in [4.69, 9.17) is 33.8 Å². The lowest BCUT2D eigenvalue weighted by molar-refractivity contribution is 0.404. The number of nitrogens with one attached hydrogen (secondary N) is 1. The molecule has 2 aromatic rings. The summed E-state index contributed by atoms with van der Waals surface area (Å²) in [5.41, 5.74) is 5.05. The van der Waals surface area contributed by atoms with Crippen LogP contribution >= 0.6 is 23.2 Å². The Balaban J connectivity index is 2.11. The molecular weight excluding hydrogens is 307 g/mol. The number of hydrazine groups is 1. The summed E-state index contributed by atoms with van der Waals surface area (Å²) in [7, 11) is 1.67. The van der Waals surface area contributed by atoms with Crippen molar-refractivity contribution in [2.24, 2.45) is 5.84 Å². The summed E-state index contributed by atoms with van der Waals surface area (Å²) in [6, 6.07) is 13.6. The summed E-state index contributed by atoms with van der Waals surface area (Å²) < 4.78 is 5.37. The maximum absolute atomic E-state index is 6.04. The minimum Gasteiger partial charge on any atom is -0.496 e. The Labute approximate surface area is 135 Å². The molecule has 3 N–H and O–H groups in total. The first-order valence-electron chi connectivity index (χ1n) is 6.66. The second-order valence-electron chi connectivity index (χ2n) is 4.83. The van der Waals surface area contributed by atoms with Gasteiger partial charge in [-0.15, -0.1) is 0 Å². The molecule has 1 atom stereocenters. The molecular formula is C16H18Cl2N2O. The van der Waals surface area contributed by atoms with Crippen LogP contribution in [0.2, 0.25) is 10.0 Å². The van der Waals surface area contributed by atoms with Crippen LogP contribution in [-0.4, -0.2) is 13.2 Å². The third kappa shape index (κ3) is 4.35. The molecule has 0 amide bonds. The van der Waals surface area contributed by atoms with Crippen molar-refractivity contribution in [3.63, 3.8) is 0 Å². The van der Waals surface area contributed by atoms with Crippen molar-refractivity contribution in [1.82, 2.24) is 5.43 Å². The third-order valence-corrected chi connectivity index (χ3v) is 4.10. The van der Waals surface area contributed by atoms with Crippen LogP contribution in [0, 0.1) is 0 Å². The van der Waals surface area contributed by atoms with E-state index in [-0.39, 0.29) is 6.04 Å². The van der Waals surface area contributed by atoms with Gasteiger partial charge in [0.25, 0.3) is 0 Å². The molecule has 2 aromatic carbocycles. The van der Waals surface area contributed by atoms with Gasteiger partial charge in [-0.1, -0.05) is 47.5 Å². The van der Waals surface area contributed by atoms with E-state index in [0.29, 0.717) is 10.0 Å². The molecule has 112 valence electrons. The average Bonchev–Trinajstić information content (AvgIpc) is 2.50. The molecule has 1 unspecified atom stereocenters.